The molecule has 0 aliphatic rings. The van der Waals surface area contributed by atoms with Gasteiger partial charge in [-0.15, -0.1) is 0 Å². The van der Waals surface area contributed by atoms with Crippen molar-refractivity contribution >= 4 is 17.4 Å². The number of halogens is 1. The number of nitro groups is 1. The molecule has 2 aromatic rings. The number of para-hydroxylation sites is 1. The van der Waals surface area contributed by atoms with Gasteiger partial charge in [0.15, 0.2) is 11.6 Å². The molecule has 0 aliphatic carbocycles. The number of nitro benzene ring substituents is 1. The summed E-state index contributed by atoms with van der Waals surface area (Å²) in [7, 11) is 1.54. The topological polar surface area (TPSA) is 84.7 Å². The molecule has 0 aliphatic heterocycles. The molecular weight excluding hydrogens is 317 g/mol. The van der Waals surface area contributed by atoms with E-state index in [-0.39, 0.29) is 24.6 Å². The normalized spacial score (nSPS) is 10.1. The number of nitrogens with zero attached hydrogens (tertiary/aromatic N) is 2. The van der Waals surface area contributed by atoms with Crippen molar-refractivity contribution in [2.45, 2.75) is 0 Å². The number of carbonyl (C=O) groups excluding carboxylic acids is 1. The quantitative estimate of drug-likeness (QED) is 0.649. The Morgan fingerprint density at radius 1 is 1.29 bits per heavy atom. The van der Waals surface area contributed by atoms with Gasteiger partial charge in [0.25, 0.3) is 5.69 Å². The number of likely N-dealkylation sites (N-methyl/N-ethyl adjacent to an activating group) is 1. The van der Waals surface area contributed by atoms with Crippen molar-refractivity contribution in [1.29, 1.82) is 0 Å². The number of amides is 2. The largest absolute Gasteiger partial charge is 0.489 e. The standard InChI is InChI=1S/C16H16FN3O4/c1-19(9-10-24-15-8-3-2-7-14(15)17)16(21)18-12-5-4-6-13(11-12)20(22)23/h2-8,11H,9-10H2,1H3,(H,18,21). The zero-order valence-corrected chi connectivity index (χ0v) is 12.9. The van der Waals surface area contributed by atoms with Crippen LogP contribution in [0.4, 0.5) is 20.6 Å². The van der Waals surface area contributed by atoms with Crippen molar-refractivity contribution in [2.24, 2.45) is 0 Å². The van der Waals surface area contributed by atoms with E-state index in [0.29, 0.717) is 5.69 Å². The predicted octanol–water partition coefficient (Wildman–Crippen LogP) is 3.28. The van der Waals surface area contributed by atoms with Crippen LogP contribution in [0.25, 0.3) is 0 Å². The van der Waals surface area contributed by atoms with Crippen LogP contribution in [0.3, 0.4) is 0 Å². The van der Waals surface area contributed by atoms with E-state index in [1.165, 1.54) is 42.3 Å². The predicted molar refractivity (Wildman–Crippen MR) is 86.6 cm³/mol. The van der Waals surface area contributed by atoms with Crippen molar-refractivity contribution in [2.75, 3.05) is 25.5 Å². The molecule has 1 N–H and O–H groups in total. The molecular formula is C16H16FN3O4. The highest BCUT2D eigenvalue weighted by Crippen LogP contribution is 2.17. The Bertz CT molecular complexity index is 739. The van der Waals surface area contributed by atoms with Crippen LogP contribution in [0.15, 0.2) is 48.5 Å². The van der Waals surface area contributed by atoms with Crippen molar-refractivity contribution in [3.8, 4) is 5.75 Å². The van der Waals surface area contributed by atoms with Crippen LogP contribution < -0.4 is 10.1 Å². The first-order chi connectivity index (χ1) is 11.5. The first kappa shape index (κ1) is 17.2. The fourth-order valence-corrected chi connectivity index (χ4v) is 1.87. The number of carbonyl (C=O) groups is 1. The second kappa shape index (κ2) is 7.91. The minimum Gasteiger partial charge on any atom is -0.489 e. The Kier molecular flexibility index (Phi) is 5.67. The number of nitrogens with one attached hydrogen (secondary N) is 1. The van der Waals surface area contributed by atoms with Gasteiger partial charge in [0.05, 0.1) is 11.5 Å². The van der Waals surface area contributed by atoms with E-state index in [2.05, 4.69) is 5.32 Å². The third-order valence-corrected chi connectivity index (χ3v) is 3.18. The molecule has 7 nitrogen and oxygen atoms in total. The van der Waals surface area contributed by atoms with Gasteiger partial charge in [0.1, 0.15) is 6.61 Å². The summed E-state index contributed by atoms with van der Waals surface area (Å²) in [6.45, 7) is 0.328. The van der Waals surface area contributed by atoms with Gasteiger partial charge >= 0.3 is 6.03 Å². The van der Waals surface area contributed by atoms with E-state index in [1.807, 2.05) is 0 Å². The van der Waals surface area contributed by atoms with Crippen LogP contribution >= 0.6 is 0 Å². The van der Waals surface area contributed by atoms with Gasteiger partial charge in [0.2, 0.25) is 0 Å². The molecule has 0 aromatic heterocycles. The lowest BCUT2D eigenvalue weighted by Gasteiger charge is -2.18. The third-order valence-electron chi connectivity index (χ3n) is 3.18. The Morgan fingerprint density at radius 3 is 2.75 bits per heavy atom. The van der Waals surface area contributed by atoms with Crippen LogP contribution in [-0.2, 0) is 0 Å². The number of rotatable bonds is 6. The van der Waals surface area contributed by atoms with Gasteiger partial charge in [-0.3, -0.25) is 10.1 Å². The number of benzene rings is 2. The highest BCUT2D eigenvalue weighted by molar-refractivity contribution is 5.89. The Balaban J connectivity index is 1.85. The summed E-state index contributed by atoms with van der Waals surface area (Å²) in [5.74, 6) is -0.355. The fraction of sp³-hybridized carbons (Fsp3) is 0.188. The Hall–Kier alpha value is -3.16. The molecule has 0 bridgehead atoms. The first-order valence-corrected chi connectivity index (χ1v) is 7.11. The highest BCUT2D eigenvalue weighted by atomic mass is 19.1. The minimum atomic E-state index is -0.540. The van der Waals surface area contributed by atoms with E-state index < -0.39 is 16.8 Å². The van der Waals surface area contributed by atoms with Gasteiger partial charge in [-0.1, -0.05) is 18.2 Å². The molecule has 0 radical (unpaired) electrons. The van der Waals surface area contributed by atoms with Crippen molar-refractivity contribution in [3.63, 3.8) is 0 Å². The van der Waals surface area contributed by atoms with Crippen LogP contribution in [0.2, 0.25) is 0 Å². The molecule has 0 saturated heterocycles. The maximum atomic E-state index is 13.4. The number of urea groups is 1. The van der Waals surface area contributed by atoms with Gasteiger partial charge in [-0.25, -0.2) is 9.18 Å². The minimum absolute atomic E-state index is 0.111. The second-order valence-electron chi connectivity index (χ2n) is 4.94. The summed E-state index contributed by atoms with van der Waals surface area (Å²) in [5, 5.41) is 13.3. The summed E-state index contributed by atoms with van der Waals surface area (Å²) in [5.41, 5.74) is 0.203. The third kappa shape index (κ3) is 4.67. The van der Waals surface area contributed by atoms with E-state index in [0.717, 1.165) is 0 Å². The molecule has 0 saturated carbocycles. The maximum Gasteiger partial charge on any atom is 0.321 e. The average molecular weight is 333 g/mol. The van der Waals surface area contributed by atoms with Crippen LogP contribution in [0, 0.1) is 15.9 Å². The summed E-state index contributed by atoms with van der Waals surface area (Å²) in [4.78, 5) is 23.5. The molecule has 0 atom stereocenters. The van der Waals surface area contributed by atoms with E-state index in [1.54, 1.807) is 18.2 Å². The number of anilines is 1. The van der Waals surface area contributed by atoms with Crippen LogP contribution in [-0.4, -0.2) is 36.1 Å². The zero-order valence-electron chi connectivity index (χ0n) is 12.9. The lowest BCUT2D eigenvalue weighted by Crippen LogP contribution is -2.34. The lowest BCUT2D eigenvalue weighted by molar-refractivity contribution is -0.384. The fourth-order valence-electron chi connectivity index (χ4n) is 1.87. The molecule has 0 spiro atoms. The van der Waals surface area contributed by atoms with Gasteiger partial charge in [0, 0.05) is 24.9 Å². The molecule has 24 heavy (non-hydrogen) atoms. The SMILES string of the molecule is CN(CCOc1ccccc1F)C(=O)Nc1cccc([N+](=O)[O-])c1. The summed E-state index contributed by atoms with van der Waals surface area (Å²) >= 11 is 0. The molecule has 2 aromatic carbocycles. The summed E-state index contributed by atoms with van der Waals surface area (Å²) in [6, 6.07) is 11.2. The summed E-state index contributed by atoms with van der Waals surface area (Å²) in [6.07, 6.45) is 0. The van der Waals surface area contributed by atoms with E-state index in [9.17, 15) is 19.3 Å². The molecule has 2 rings (SSSR count). The van der Waals surface area contributed by atoms with Gasteiger partial charge in [-0.05, 0) is 18.2 Å². The lowest BCUT2D eigenvalue weighted by atomic mass is 10.3. The van der Waals surface area contributed by atoms with Crippen LogP contribution in [0.1, 0.15) is 0 Å². The smallest absolute Gasteiger partial charge is 0.321 e. The molecule has 0 heterocycles. The highest BCUT2D eigenvalue weighted by Gasteiger charge is 2.12. The number of hydrogen-bond acceptors (Lipinski definition) is 4. The number of non-ortho nitro benzene ring substituents is 1. The molecule has 0 fully saturated rings. The average Bonchev–Trinajstić information content (AvgIpc) is 2.56. The molecule has 126 valence electrons. The Morgan fingerprint density at radius 2 is 2.04 bits per heavy atom. The molecule has 2 amide bonds. The molecule has 8 heteroatoms. The number of hydrogen-bond donors (Lipinski definition) is 1. The van der Waals surface area contributed by atoms with Crippen molar-refractivity contribution < 1.29 is 18.8 Å². The first-order valence-electron chi connectivity index (χ1n) is 7.11. The van der Waals surface area contributed by atoms with E-state index in [4.69, 9.17) is 4.74 Å². The Labute approximate surface area is 137 Å². The zero-order chi connectivity index (χ0) is 17.5. The van der Waals surface area contributed by atoms with Crippen LogP contribution in [0.5, 0.6) is 5.75 Å². The monoisotopic (exact) mass is 333 g/mol. The van der Waals surface area contributed by atoms with Crippen molar-refractivity contribution in [1.82, 2.24) is 4.90 Å². The summed E-state index contributed by atoms with van der Waals surface area (Å²) < 4.78 is 18.7. The van der Waals surface area contributed by atoms with E-state index >= 15 is 0 Å². The molecule has 0 unspecified atom stereocenters. The van der Waals surface area contributed by atoms with Gasteiger partial charge < -0.3 is 15.0 Å². The van der Waals surface area contributed by atoms with Gasteiger partial charge in [-0.2, -0.15) is 0 Å². The maximum absolute atomic E-state index is 13.4. The second-order valence-corrected chi connectivity index (χ2v) is 4.94. The number of ether oxygens (including phenoxy) is 1. The van der Waals surface area contributed by atoms with Crippen molar-refractivity contribution in [3.05, 3.63) is 64.5 Å².